The van der Waals surface area contributed by atoms with Crippen LogP contribution in [0.1, 0.15) is 94.4 Å². The Morgan fingerprint density at radius 3 is 1.26 bits per heavy atom. The average molecular weight is 439 g/mol. The SMILES string of the molecule is CC(C)(C)C1CCOCC1.CN1CCC(C(C)(C)C)C1.CN1CCCC(C(C)(C)C)C1. The van der Waals surface area contributed by atoms with E-state index in [2.05, 4.69) is 86.2 Å². The Morgan fingerprint density at radius 2 is 0.968 bits per heavy atom. The first-order valence-corrected chi connectivity index (χ1v) is 13.1. The van der Waals surface area contributed by atoms with Gasteiger partial charge in [-0.1, -0.05) is 62.3 Å². The molecule has 3 fully saturated rings. The zero-order chi connectivity index (χ0) is 23.9. The Morgan fingerprint density at radius 1 is 0.548 bits per heavy atom. The molecule has 0 spiro atoms. The van der Waals surface area contributed by atoms with Gasteiger partial charge in [0, 0.05) is 26.3 Å². The molecule has 3 rings (SSSR count). The molecular formula is C28H58N2O. The molecular weight excluding hydrogens is 380 g/mol. The predicted molar refractivity (Wildman–Crippen MR) is 138 cm³/mol. The van der Waals surface area contributed by atoms with Crippen molar-refractivity contribution in [2.45, 2.75) is 94.4 Å². The van der Waals surface area contributed by atoms with Crippen LogP contribution in [0.2, 0.25) is 0 Å². The van der Waals surface area contributed by atoms with Crippen LogP contribution in [0.5, 0.6) is 0 Å². The predicted octanol–water partition coefficient (Wildman–Crippen LogP) is 6.82. The summed E-state index contributed by atoms with van der Waals surface area (Å²) in [7, 11) is 4.45. The third kappa shape index (κ3) is 11.5. The van der Waals surface area contributed by atoms with Crippen molar-refractivity contribution in [2.24, 2.45) is 34.0 Å². The Balaban J connectivity index is 0.000000233. The molecule has 186 valence electrons. The van der Waals surface area contributed by atoms with Crippen molar-refractivity contribution in [1.82, 2.24) is 9.80 Å². The lowest BCUT2D eigenvalue weighted by Crippen LogP contribution is -2.38. The minimum atomic E-state index is 0.490. The molecule has 0 radical (unpaired) electrons. The number of likely N-dealkylation sites (tertiary alicyclic amines) is 2. The summed E-state index contributed by atoms with van der Waals surface area (Å²) in [6, 6.07) is 0. The van der Waals surface area contributed by atoms with E-state index < -0.39 is 0 Å². The Kier molecular flexibility index (Phi) is 11.5. The van der Waals surface area contributed by atoms with Gasteiger partial charge in [0.25, 0.3) is 0 Å². The fourth-order valence-corrected chi connectivity index (χ4v) is 5.08. The van der Waals surface area contributed by atoms with E-state index in [0.29, 0.717) is 16.2 Å². The van der Waals surface area contributed by atoms with E-state index in [1.165, 1.54) is 58.3 Å². The smallest absolute Gasteiger partial charge is 0.0468 e. The van der Waals surface area contributed by atoms with Gasteiger partial charge < -0.3 is 14.5 Å². The largest absolute Gasteiger partial charge is 0.381 e. The van der Waals surface area contributed by atoms with Gasteiger partial charge in [0.15, 0.2) is 0 Å². The summed E-state index contributed by atoms with van der Waals surface area (Å²) in [6.07, 6.45) is 6.71. The van der Waals surface area contributed by atoms with Crippen molar-refractivity contribution in [3.63, 3.8) is 0 Å². The van der Waals surface area contributed by atoms with Crippen LogP contribution in [-0.2, 0) is 4.74 Å². The molecule has 0 aromatic carbocycles. The first-order chi connectivity index (χ1) is 14.1. The van der Waals surface area contributed by atoms with E-state index in [1.807, 2.05) is 0 Å². The second kappa shape index (κ2) is 12.4. The van der Waals surface area contributed by atoms with Crippen molar-refractivity contribution in [2.75, 3.05) is 53.5 Å². The number of ether oxygens (including phenoxy) is 1. The van der Waals surface area contributed by atoms with Crippen molar-refractivity contribution in [3.05, 3.63) is 0 Å². The van der Waals surface area contributed by atoms with Crippen molar-refractivity contribution in [1.29, 1.82) is 0 Å². The minimum Gasteiger partial charge on any atom is -0.381 e. The van der Waals surface area contributed by atoms with Gasteiger partial charge in [0.05, 0.1) is 0 Å². The third-order valence-corrected chi connectivity index (χ3v) is 7.91. The zero-order valence-corrected chi connectivity index (χ0v) is 23.3. The van der Waals surface area contributed by atoms with E-state index in [0.717, 1.165) is 31.0 Å². The molecule has 3 aliphatic heterocycles. The van der Waals surface area contributed by atoms with Crippen LogP contribution in [0.15, 0.2) is 0 Å². The van der Waals surface area contributed by atoms with Gasteiger partial charge in [-0.05, 0) is 93.3 Å². The lowest BCUT2D eigenvalue weighted by atomic mass is 9.76. The highest BCUT2D eigenvalue weighted by molar-refractivity contribution is 4.82. The third-order valence-electron chi connectivity index (χ3n) is 7.91. The van der Waals surface area contributed by atoms with E-state index in [9.17, 15) is 0 Å². The maximum absolute atomic E-state index is 5.29. The second-order valence-electron chi connectivity index (χ2n) is 13.8. The summed E-state index contributed by atoms with van der Waals surface area (Å²) in [5, 5.41) is 0. The number of hydrogen-bond acceptors (Lipinski definition) is 3. The lowest BCUT2D eigenvalue weighted by molar-refractivity contribution is 0.0286. The van der Waals surface area contributed by atoms with Gasteiger partial charge in [-0.15, -0.1) is 0 Å². The molecule has 0 bridgehead atoms. The summed E-state index contributed by atoms with van der Waals surface area (Å²) < 4.78 is 5.29. The monoisotopic (exact) mass is 438 g/mol. The highest BCUT2D eigenvalue weighted by atomic mass is 16.5. The average Bonchev–Trinajstić information content (AvgIpc) is 3.09. The van der Waals surface area contributed by atoms with Gasteiger partial charge in [-0.3, -0.25) is 0 Å². The van der Waals surface area contributed by atoms with Gasteiger partial charge in [0.1, 0.15) is 0 Å². The number of hydrogen-bond donors (Lipinski definition) is 0. The first-order valence-electron chi connectivity index (χ1n) is 13.1. The maximum atomic E-state index is 5.29. The molecule has 0 aromatic heterocycles. The number of rotatable bonds is 0. The summed E-state index contributed by atoms with van der Waals surface area (Å²) in [5.41, 5.74) is 1.52. The Labute approximate surface area is 196 Å². The van der Waals surface area contributed by atoms with Crippen molar-refractivity contribution < 1.29 is 4.74 Å². The van der Waals surface area contributed by atoms with E-state index in [-0.39, 0.29) is 0 Å². The molecule has 3 aliphatic rings. The molecule has 0 N–H and O–H groups in total. The van der Waals surface area contributed by atoms with Crippen LogP contribution >= 0.6 is 0 Å². The van der Waals surface area contributed by atoms with Gasteiger partial charge >= 0.3 is 0 Å². The molecule has 0 amide bonds. The Bertz CT molecular complexity index is 462. The fourth-order valence-electron chi connectivity index (χ4n) is 5.08. The summed E-state index contributed by atoms with van der Waals surface area (Å²) in [4.78, 5) is 4.88. The van der Waals surface area contributed by atoms with Crippen LogP contribution < -0.4 is 0 Å². The lowest BCUT2D eigenvalue weighted by Gasteiger charge is -2.38. The van der Waals surface area contributed by atoms with E-state index >= 15 is 0 Å². The molecule has 0 aromatic rings. The van der Waals surface area contributed by atoms with Gasteiger partial charge in [0.2, 0.25) is 0 Å². The molecule has 2 atom stereocenters. The highest BCUT2D eigenvalue weighted by Crippen LogP contribution is 2.34. The fraction of sp³-hybridized carbons (Fsp3) is 1.00. The van der Waals surface area contributed by atoms with Crippen LogP contribution in [0.4, 0.5) is 0 Å². The molecule has 2 unspecified atom stereocenters. The summed E-state index contributed by atoms with van der Waals surface area (Å²) in [5.74, 6) is 2.69. The quantitative estimate of drug-likeness (QED) is 0.413. The van der Waals surface area contributed by atoms with Crippen LogP contribution in [0.3, 0.4) is 0 Å². The highest BCUT2D eigenvalue weighted by Gasteiger charge is 2.30. The number of nitrogens with zero attached hydrogens (tertiary/aromatic N) is 2. The van der Waals surface area contributed by atoms with Gasteiger partial charge in [-0.2, -0.15) is 0 Å². The van der Waals surface area contributed by atoms with Crippen LogP contribution in [0.25, 0.3) is 0 Å². The molecule has 0 aliphatic carbocycles. The first kappa shape index (κ1) is 28.9. The van der Waals surface area contributed by atoms with Crippen molar-refractivity contribution >= 4 is 0 Å². The van der Waals surface area contributed by atoms with E-state index in [4.69, 9.17) is 4.74 Å². The molecule has 3 saturated heterocycles. The standard InChI is InChI=1S/C10H21N.C9H19N.C9H18O/c1-10(2,3)9-6-5-7-11(4)8-9;1-9(2,3)8-5-6-10(4)7-8;1-9(2,3)8-4-6-10-7-5-8/h9H,5-8H2,1-4H3;8H,5-7H2,1-4H3;8H,4-7H2,1-3H3. The number of piperidine rings is 1. The molecule has 3 nitrogen and oxygen atoms in total. The zero-order valence-electron chi connectivity index (χ0n) is 23.3. The minimum absolute atomic E-state index is 0.490. The van der Waals surface area contributed by atoms with Gasteiger partial charge in [-0.25, -0.2) is 0 Å². The van der Waals surface area contributed by atoms with Crippen molar-refractivity contribution in [3.8, 4) is 0 Å². The van der Waals surface area contributed by atoms with E-state index in [1.54, 1.807) is 0 Å². The normalized spacial score (nSPS) is 27.2. The maximum Gasteiger partial charge on any atom is 0.0468 e. The molecule has 0 saturated carbocycles. The second-order valence-corrected chi connectivity index (χ2v) is 13.8. The topological polar surface area (TPSA) is 15.7 Å². The molecule has 3 heteroatoms. The van der Waals surface area contributed by atoms with Crippen LogP contribution in [-0.4, -0.2) is 63.3 Å². The molecule has 3 heterocycles. The summed E-state index contributed by atoms with van der Waals surface area (Å²) >= 11 is 0. The Hall–Kier alpha value is -0.120. The van der Waals surface area contributed by atoms with Crippen LogP contribution in [0, 0.1) is 34.0 Å². The summed E-state index contributed by atoms with van der Waals surface area (Å²) in [6.45, 7) is 28.2. The molecule has 31 heavy (non-hydrogen) atoms.